The van der Waals surface area contributed by atoms with Crippen molar-refractivity contribution < 1.29 is 63.1 Å². The number of unbranched alkanes of at least 4 members (excludes halogenated alkanes) is 2. The predicted octanol–water partition coefficient (Wildman–Crippen LogP) is 8.61. The Morgan fingerprint density at radius 3 is 2.38 bits per heavy atom. The van der Waals surface area contributed by atoms with Gasteiger partial charge in [0.2, 0.25) is 11.7 Å². The van der Waals surface area contributed by atoms with Gasteiger partial charge in [0.15, 0.2) is 0 Å². The number of hydrogen-bond donors (Lipinski definition) is 4. The first-order valence-corrected chi connectivity index (χ1v) is 24.9. The van der Waals surface area contributed by atoms with Crippen molar-refractivity contribution in [3.8, 4) is 23.0 Å². The summed E-state index contributed by atoms with van der Waals surface area (Å²) in [5, 5.41) is 48.9. The summed E-state index contributed by atoms with van der Waals surface area (Å²) in [7, 11) is 3.01. The van der Waals surface area contributed by atoms with Gasteiger partial charge in [0, 0.05) is 61.9 Å². The first-order valence-electron chi connectivity index (χ1n) is 24.9. The summed E-state index contributed by atoms with van der Waals surface area (Å²) in [4.78, 5) is 47.5. The molecule has 18 heteroatoms. The molecule has 7 rings (SSSR count). The standard InChI is InChI=1S/C56H66N4O14/c1-4-30-71-56-51(59(26-31-70-32-29-63)52(64)25-18-38-16-19-41(20-17-38)60(66)67)36-48(58-72-37-39-12-6-5-7-13-39)45-33-40(14-8-10-27-61)44(15-9-11-28-62)53(54(45)56)46-34-43(22-24-49(46)74-56)73-55(65)57-47-23-21-42(68-2)35-50(47)69-3/h4-7,12-13,16-25,33-35,40,44,51,53-54,61-63H,1,8-11,14-15,26-32,36-37H2,2-3H3,(H,57,65)/t40-,44+,51-,53+,54+,56+/m0/s1. The van der Waals surface area contributed by atoms with Gasteiger partial charge in [-0.25, -0.2) is 4.79 Å². The third kappa shape index (κ3) is 13.2. The highest BCUT2D eigenvalue weighted by atomic mass is 16.7. The van der Waals surface area contributed by atoms with E-state index in [1.807, 2.05) is 30.3 Å². The van der Waals surface area contributed by atoms with E-state index in [1.54, 1.807) is 65.6 Å². The maximum atomic E-state index is 15.0. The average Bonchev–Trinajstić information content (AvgIpc) is 3.46. The Morgan fingerprint density at radius 1 is 0.919 bits per heavy atom. The fourth-order valence-corrected chi connectivity index (χ4v) is 10.3. The van der Waals surface area contributed by atoms with Crippen molar-refractivity contribution in [1.82, 2.24) is 4.90 Å². The van der Waals surface area contributed by atoms with Gasteiger partial charge in [-0.3, -0.25) is 20.2 Å². The van der Waals surface area contributed by atoms with E-state index in [0.717, 1.165) is 23.1 Å². The molecule has 1 saturated carbocycles. The molecule has 0 bridgehead atoms. The van der Waals surface area contributed by atoms with Crippen LogP contribution in [0.25, 0.3) is 6.08 Å². The number of hydrogen-bond acceptors (Lipinski definition) is 15. The number of fused-ring (bicyclic) bond motifs is 2. The summed E-state index contributed by atoms with van der Waals surface area (Å²) in [6.07, 6.45) is 10.0. The highest BCUT2D eigenvalue weighted by molar-refractivity contribution is 6.03. The van der Waals surface area contributed by atoms with Crippen LogP contribution in [0.2, 0.25) is 0 Å². The van der Waals surface area contributed by atoms with Crippen LogP contribution in [0.15, 0.2) is 127 Å². The summed E-state index contributed by atoms with van der Waals surface area (Å²) < 4.78 is 37.1. The molecule has 4 aromatic rings. The number of carbonyl (C=O) groups is 2. The van der Waals surface area contributed by atoms with Gasteiger partial charge in [-0.05, 0) is 103 Å². The van der Waals surface area contributed by atoms with Gasteiger partial charge in [0.25, 0.3) is 5.69 Å². The topological polar surface area (TPSA) is 230 Å². The summed E-state index contributed by atoms with van der Waals surface area (Å²) in [6.45, 7) is 4.02. The number of amides is 2. The summed E-state index contributed by atoms with van der Waals surface area (Å²) in [5.41, 5.74) is 3.77. The van der Waals surface area contributed by atoms with Gasteiger partial charge < -0.3 is 53.5 Å². The monoisotopic (exact) mass is 1020 g/mol. The number of rotatable bonds is 27. The number of aliphatic hydroxyl groups excluding tert-OH is 3. The molecule has 2 aliphatic carbocycles. The zero-order chi connectivity index (χ0) is 52.5. The van der Waals surface area contributed by atoms with Crippen LogP contribution in [0.3, 0.4) is 0 Å². The highest BCUT2D eigenvalue weighted by Gasteiger charge is 2.65. The number of oxime groups is 1. The molecule has 1 aliphatic heterocycles. The Hall–Kier alpha value is -7.09. The minimum absolute atomic E-state index is 0.00427. The largest absolute Gasteiger partial charge is 0.497 e. The predicted molar refractivity (Wildman–Crippen MR) is 277 cm³/mol. The van der Waals surface area contributed by atoms with Crippen molar-refractivity contribution in [3.63, 3.8) is 0 Å². The first kappa shape index (κ1) is 54.7. The van der Waals surface area contributed by atoms with Crippen LogP contribution in [-0.2, 0) is 25.7 Å². The molecule has 394 valence electrons. The molecule has 0 spiro atoms. The van der Waals surface area contributed by atoms with Crippen molar-refractivity contribution in [2.45, 2.75) is 69.3 Å². The number of non-ortho nitro benzene ring substituents is 1. The summed E-state index contributed by atoms with van der Waals surface area (Å²) in [5.74, 6) is -1.90. The third-order valence-electron chi connectivity index (χ3n) is 13.6. The SMILES string of the molecule is C=CCO[C@@]12Oc3ccc(OC(=O)Nc4ccc(OC)cc4OC)cc3[C@H]3[C@H](CCCCO)[C@@H](CCCCO)C=C(C(=NOCc4ccccc4)C[C@@H]1N(CCOCCO)C(=O)C=Cc1ccc([N+](=O)[O-])cc1)[C@H]32. The zero-order valence-corrected chi connectivity index (χ0v) is 41.8. The lowest BCUT2D eigenvalue weighted by atomic mass is 9.55. The molecule has 4 aromatic carbocycles. The van der Waals surface area contributed by atoms with Crippen molar-refractivity contribution in [3.05, 3.63) is 148 Å². The van der Waals surface area contributed by atoms with Crippen LogP contribution in [0, 0.1) is 27.9 Å². The van der Waals surface area contributed by atoms with Gasteiger partial charge in [-0.2, -0.15) is 0 Å². The van der Waals surface area contributed by atoms with Crippen molar-refractivity contribution in [2.75, 3.05) is 65.7 Å². The van der Waals surface area contributed by atoms with Gasteiger partial charge in [0.05, 0.1) is 62.9 Å². The Bertz CT molecular complexity index is 2620. The Morgan fingerprint density at radius 2 is 1.68 bits per heavy atom. The number of anilines is 1. The smallest absolute Gasteiger partial charge is 0.417 e. The second-order valence-electron chi connectivity index (χ2n) is 18.2. The van der Waals surface area contributed by atoms with Gasteiger partial charge in [-0.15, -0.1) is 6.58 Å². The number of nitro groups is 1. The maximum Gasteiger partial charge on any atom is 0.417 e. The van der Waals surface area contributed by atoms with Gasteiger partial charge in [0.1, 0.15) is 35.6 Å². The van der Waals surface area contributed by atoms with E-state index >= 15 is 4.79 Å². The second kappa shape index (κ2) is 26.7. The number of benzene rings is 4. The van der Waals surface area contributed by atoms with E-state index < -0.39 is 40.6 Å². The molecule has 6 atom stereocenters. The van der Waals surface area contributed by atoms with Crippen molar-refractivity contribution in [2.24, 2.45) is 22.9 Å². The Kier molecular flexibility index (Phi) is 19.8. The normalized spacial score (nSPS) is 21.1. The van der Waals surface area contributed by atoms with Crippen molar-refractivity contribution >= 4 is 35.2 Å². The molecule has 0 saturated heterocycles. The third-order valence-corrected chi connectivity index (χ3v) is 13.6. The van der Waals surface area contributed by atoms with E-state index in [-0.39, 0.29) is 82.5 Å². The maximum absolute atomic E-state index is 15.0. The molecular formula is C56H66N4O14. The minimum atomic E-state index is -1.64. The first-order chi connectivity index (χ1) is 36.1. The Labute approximate surface area is 431 Å². The van der Waals surface area contributed by atoms with E-state index in [0.29, 0.717) is 66.3 Å². The van der Waals surface area contributed by atoms with Gasteiger partial charge in [-0.1, -0.05) is 60.5 Å². The summed E-state index contributed by atoms with van der Waals surface area (Å²) >= 11 is 0. The molecule has 0 radical (unpaired) electrons. The Balaban J connectivity index is 1.40. The van der Waals surface area contributed by atoms with Crippen molar-refractivity contribution in [1.29, 1.82) is 0 Å². The molecule has 74 heavy (non-hydrogen) atoms. The number of nitrogens with zero attached hydrogens (tertiary/aromatic N) is 3. The fourth-order valence-electron chi connectivity index (χ4n) is 10.3. The number of ether oxygens (including phenoxy) is 6. The molecule has 1 fully saturated rings. The van der Waals surface area contributed by atoms with E-state index in [2.05, 4.69) is 18.0 Å². The molecule has 0 unspecified atom stereocenters. The second-order valence-corrected chi connectivity index (χ2v) is 18.2. The quantitative estimate of drug-likeness (QED) is 0.0144. The number of carbonyl (C=O) groups excluding carboxylic acids is 2. The number of allylic oxidation sites excluding steroid dienone is 1. The molecular weight excluding hydrogens is 953 g/mol. The number of nitrogens with one attached hydrogen (secondary N) is 1. The highest BCUT2D eigenvalue weighted by Crippen LogP contribution is 2.62. The lowest BCUT2D eigenvalue weighted by Gasteiger charge is -2.60. The van der Waals surface area contributed by atoms with Crippen LogP contribution in [0.1, 0.15) is 67.6 Å². The molecule has 4 N–H and O–H groups in total. The molecule has 18 nitrogen and oxygen atoms in total. The molecule has 0 aromatic heterocycles. The number of nitro benzene ring substituents is 1. The van der Waals surface area contributed by atoms with Crippen LogP contribution in [-0.4, -0.2) is 115 Å². The van der Waals surface area contributed by atoms with E-state index in [9.17, 15) is 30.2 Å². The summed E-state index contributed by atoms with van der Waals surface area (Å²) in [6, 6.07) is 24.7. The minimum Gasteiger partial charge on any atom is -0.497 e. The molecule has 1 heterocycles. The molecule has 3 aliphatic rings. The fraction of sp³-hybridized carbons (Fsp3) is 0.411. The number of methoxy groups -OCH3 is 2. The van der Waals surface area contributed by atoms with Crippen LogP contribution in [0.4, 0.5) is 16.2 Å². The van der Waals surface area contributed by atoms with E-state index in [4.69, 9.17) is 38.4 Å². The molecule has 2 amide bonds. The van der Waals surface area contributed by atoms with Crippen LogP contribution < -0.4 is 24.3 Å². The van der Waals surface area contributed by atoms with Crippen LogP contribution in [0.5, 0.6) is 23.0 Å². The van der Waals surface area contributed by atoms with Gasteiger partial charge >= 0.3 is 6.09 Å². The lowest BCUT2D eigenvalue weighted by Crippen LogP contribution is -2.70. The van der Waals surface area contributed by atoms with Crippen LogP contribution >= 0.6 is 0 Å². The van der Waals surface area contributed by atoms with E-state index in [1.165, 1.54) is 32.4 Å². The number of aliphatic hydroxyl groups is 3. The average molecular weight is 1020 g/mol. The lowest BCUT2D eigenvalue weighted by molar-refractivity contribution is -0.384. The zero-order valence-electron chi connectivity index (χ0n) is 41.8.